The van der Waals surface area contributed by atoms with E-state index in [4.69, 9.17) is 19.3 Å². The SMILES string of the molecule is COc1cc(OC)c(OC)cc1/C=C/C(=O)c1c(C)[nH]c(C(=O)O)c1C. The van der Waals surface area contributed by atoms with Gasteiger partial charge in [-0.15, -0.1) is 0 Å². The fourth-order valence-electron chi connectivity index (χ4n) is 2.77. The number of rotatable bonds is 7. The van der Waals surface area contributed by atoms with Gasteiger partial charge in [0.1, 0.15) is 11.4 Å². The highest BCUT2D eigenvalue weighted by atomic mass is 16.5. The molecule has 2 rings (SSSR count). The highest BCUT2D eigenvalue weighted by Crippen LogP contribution is 2.35. The summed E-state index contributed by atoms with van der Waals surface area (Å²) in [6.45, 7) is 3.27. The van der Waals surface area contributed by atoms with E-state index in [0.717, 1.165) is 0 Å². The lowest BCUT2D eigenvalue weighted by molar-refractivity contribution is 0.0690. The van der Waals surface area contributed by atoms with Gasteiger partial charge in [0.2, 0.25) is 0 Å². The fraction of sp³-hybridized carbons (Fsp3) is 0.263. The molecule has 0 aliphatic carbocycles. The maximum atomic E-state index is 12.6. The number of nitrogens with one attached hydrogen (secondary N) is 1. The Labute approximate surface area is 151 Å². The molecule has 1 aromatic heterocycles. The van der Waals surface area contributed by atoms with Gasteiger partial charge >= 0.3 is 5.97 Å². The van der Waals surface area contributed by atoms with Gasteiger partial charge in [0.05, 0.1) is 21.3 Å². The first-order valence-electron chi connectivity index (χ1n) is 7.78. The minimum Gasteiger partial charge on any atom is -0.496 e. The average molecular weight is 359 g/mol. The lowest BCUT2D eigenvalue weighted by Gasteiger charge is -2.12. The Morgan fingerprint density at radius 3 is 2.08 bits per heavy atom. The van der Waals surface area contributed by atoms with Gasteiger partial charge in [0.15, 0.2) is 17.3 Å². The van der Waals surface area contributed by atoms with Crippen LogP contribution in [-0.4, -0.2) is 43.2 Å². The van der Waals surface area contributed by atoms with E-state index in [9.17, 15) is 9.59 Å². The molecule has 0 bridgehead atoms. The predicted octanol–water partition coefficient (Wildman–Crippen LogP) is 3.25. The normalized spacial score (nSPS) is 10.8. The zero-order chi connectivity index (χ0) is 19.4. The minimum absolute atomic E-state index is 0.0166. The van der Waals surface area contributed by atoms with E-state index in [2.05, 4.69) is 4.98 Å². The number of methoxy groups -OCH3 is 3. The summed E-state index contributed by atoms with van der Waals surface area (Å²) >= 11 is 0. The van der Waals surface area contributed by atoms with E-state index in [1.54, 1.807) is 32.1 Å². The Hall–Kier alpha value is -3.22. The van der Waals surface area contributed by atoms with Crippen LogP contribution < -0.4 is 14.2 Å². The predicted molar refractivity (Wildman–Crippen MR) is 96.7 cm³/mol. The number of hydrogen-bond acceptors (Lipinski definition) is 5. The molecule has 0 aliphatic rings. The van der Waals surface area contributed by atoms with Gasteiger partial charge in [0, 0.05) is 22.9 Å². The van der Waals surface area contributed by atoms with Crippen LogP contribution in [0.2, 0.25) is 0 Å². The molecular weight excluding hydrogens is 338 g/mol. The van der Waals surface area contributed by atoms with Crippen molar-refractivity contribution < 1.29 is 28.9 Å². The molecular formula is C19H21NO6. The molecule has 0 amide bonds. The number of carbonyl (C=O) groups is 2. The third-order valence-corrected chi connectivity index (χ3v) is 4.05. The van der Waals surface area contributed by atoms with Crippen molar-refractivity contribution in [1.29, 1.82) is 0 Å². The Kier molecular flexibility index (Phi) is 5.71. The number of hydrogen-bond donors (Lipinski definition) is 2. The number of aromatic carboxylic acids is 1. The van der Waals surface area contributed by atoms with Crippen molar-refractivity contribution in [2.45, 2.75) is 13.8 Å². The lowest BCUT2D eigenvalue weighted by Crippen LogP contribution is -2.01. The van der Waals surface area contributed by atoms with Gasteiger partial charge in [-0.25, -0.2) is 4.79 Å². The second-order valence-corrected chi connectivity index (χ2v) is 5.58. The molecule has 0 saturated carbocycles. The van der Waals surface area contributed by atoms with Crippen LogP contribution in [0.25, 0.3) is 6.08 Å². The molecule has 0 atom stereocenters. The number of ether oxygens (including phenoxy) is 3. The summed E-state index contributed by atoms with van der Waals surface area (Å²) in [7, 11) is 4.55. The second-order valence-electron chi connectivity index (χ2n) is 5.58. The van der Waals surface area contributed by atoms with Gasteiger partial charge in [0.25, 0.3) is 0 Å². The van der Waals surface area contributed by atoms with Crippen molar-refractivity contribution in [3.05, 3.63) is 46.3 Å². The Morgan fingerprint density at radius 1 is 1.00 bits per heavy atom. The summed E-state index contributed by atoms with van der Waals surface area (Å²) in [6, 6.07) is 3.36. The summed E-state index contributed by atoms with van der Waals surface area (Å²) in [6.07, 6.45) is 2.97. The van der Waals surface area contributed by atoms with Gasteiger partial charge in [-0.2, -0.15) is 0 Å². The van der Waals surface area contributed by atoms with Crippen molar-refractivity contribution in [3.63, 3.8) is 0 Å². The first-order chi connectivity index (χ1) is 12.3. The highest BCUT2D eigenvalue weighted by molar-refractivity contribution is 6.10. The molecule has 26 heavy (non-hydrogen) atoms. The van der Waals surface area contributed by atoms with E-state index in [1.807, 2.05) is 0 Å². The molecule has 0 aliphatic heterocycles. The smallest absolute Gasteiger partial charge is 0.352 e. The number of carboxylic acid groups (broad SMARTS) is 1. The number of benzene rings is 1. The van der Waals surface area contributed by atoms with E-state index in [0.29, 0.717) is 39.6 Å². The number of aromatic nitrogens is 1. The third-order valence-electron chi connectivity index (χ3n) is 4.05. The van der Waals surface area contributed by atoms with Crippen molar-refractivity contribution >= 4 is 17.8 Å². The van der Waals surface area contributed by atoms with Crippen molar-refractivity contribution in [2.75, 3.05) is 21.3 Å². The Balaban J connectivity index is 2.41. The van der Waals surface area contributed by atoms with E-state index in [1.165, 1.54) is 27.4 Å². The summed E-state index contributed by atoms with van der Waals surface area (Å²) in [5, 5.41) is 9.17. The summed E-state index contributed by atoms with van der Waals surface area (Å²) < 4.78 is 15.8. The van der Waals surface area contributed by atoms with Crippen LogP contribution >= 0.6 is 0 Å². The zero-order valence-electron chi connectivity index (χ0n) is 15.3. The standard InChI is InChI=1S/C19H21NO6/c1-10-17(11(2)20-18(10)19(22)23)13(21)7-6-12-8-15(25-4)16(26-5)9-14(12)24-3/h6-9,20H,1-5H3,(H,22,23)/b7-6+. The van der Waals surface area contributed by atoms with Crippen LogP contribution in [0.15, 0.2) is 18.2 Å². The van der Waals surface area contributed by atoms with E-state index < -0.39 is 5.97 Å². The third kappa shape index (κ3) is 3.56. The molecule has 2 aromatic rings. The first kappa shape index (κ1) is 19.1. The van der Waals surface area contributed by atoms with Crippen LogP contribution in [-0.2, 0) is 0 Å². The average Bonchev–Trinajstić information content (AvgIpc) is 2.93. The van der Waals surface area contributed by atoms with Crippen molar-refractivity contribution in [1.82, 2.24) is 4.98 Å². The van der Waals surface area contributed by atoms with Crippen LogP contribution in [0.3, 0.4) is 0 Å². The molecule has 1 aromatic carbocycles. The second kappa shape index (κ2) is 7.77. The van der Waals surface area contributed by atoms with Crippen LogP contribution in [0.4, 0.5) is 0 Å². The molecule has 0 unspecified atom stereocenters. The van der Waals surface area contributed by atoms with E-state index in [-0.39, 0.29) is 11.5 Å². The van der Waals surface area contributed by atoms with Crippen LogP contribution in [0.5, 0.6) is 17.2 Å². The number of aryl methyl sites for hydroxylation is 1. The highest BCUT2D eigenvalue weighted by Gasteiger charge is 2.20. The molecule has 0 fully saturated rings. The van der Waals surface area contributed by atoms with Crippen molar-refractivity contribution in [3.8, 4) is 17.2 Å². The van der Waals surface area contributed by atoms with Gasteiger partial charge < -0.3 is 24.3 Å². The molecule has 0 radical (unpaired) electrons. The molecule has 7 nitrogen and oxygen atoms in total. The summed E-state index contributed by atoms with van der Waals surface area (Å²) in [5.74, 6) is 0.120. The number of allylic oxidation sites excluding steroid dienone is 1. The number of ketones is 1. The maximum absolute atomic E-state index is 12.6. The Bertz CT molecular complexity index is 879. The monoisotopic (exact) mass is 359 g/mol. The van der Waals surface area contributed by atoms with E-state index >= 15 is 0 Å². The number of carboxylic acids is 1. The van der Waals surface area contributed by atoms with Crippen LogP contribution in [0, 0.1) is 13.8 Å². The largest absolute Gasteiger partial charge is 0.496 e. The molecule has 0 saturated heterocycles. The fourth-order valence-corrected chi connectivity index (χ4v) is 2.77. The number of carbonyl (C=O) groups excluding carboxylic acids is 1. The summed E-state index contributed by atoms with van der Waals surface area (Å²) in [5.41, 5.74) is 1.90. The molecule has 0 spiro atoms. The maximum Gasteiger partial charge on any atom is 0.352 e. The van der Waals surface area contributed by atoms with Crippen LogP contribution in [0.1, 0.15) is 37.7 Å². The Morgan fingerprint density at radius 2 is 1.58 bits per heavy atom. The zero-order valence-corrected chi connectivity index (χ0v) is 15.3. The molecule has 1 heterocycles. The molecule has 2 N–H and O–H groups in total. The minimum atomic E-state index is -1.10. The van der Waals surface area contributed by atoms with Crippen molar-refractivity contribution in [2.24, 2.45) is 0 Å². The first-order valence-corrected chi connectivity index (χ1v) is 7.78. The molecule has 7 heteroatoms. The topological polar surface area (TPSA) is 97.9 Å². The summed E-state index contributed by atoms with van der Waals surface area (Å²) in [4.78, 5) is 26.5. The van der Waals surface area contributed by atoms with Gasteiger partial charge in [-0.3, -0.25) is 4.79 Å². The molecule has 138 valence electrons. The lowest BCUT2D eigenvalue weighted by atomic mass is 10.0. The quantitative estimate of drug-likeness (QED) is 0.582. The number of aromatic amines is 1. The van der Waals surface area contributed by atoms with Gasteiger partial charge in [-0.1, -0.05) is 0 Å². The number of H-pyrrole nitrogens is 1. The van der Waals surface area contributed by atoms with Gasteiger partial charge in [-0.05, 0) is 37.6 Å².